The maximum absolute atomic E-state index is 12.8. The number of hydrogen-bond donors (Lipinski definition) is 0. The quantitative estimate of drug-likeness (QED) is 0.676. The third-order valence-corrected chi connectivity index (χ3v) is 7.50. The molecule has 144 valence electrons. The van der Waals surface area contributed by atoms with Crippen LogP contribution in [0.15, 0.2) is 34.6 Å². The van der Waals surface area contributed by atoms with Crippen molar-refractivity contribution in [2.75, 3.05) is 26.2 Å². The molecule has 0 aliphatic carbocycles. The van der Waals surface area contributed by atoms with E-state index < -0.39 is 10.0 Å². The van der Waals surface area contributed by atoms with Crippen LogP contribution in [0.5, 0.6) is 0 Å². The fourth-order valence-corrected chi connectivity index (χ4v) is 5.42. The molecule has 0 spiro atoms. The van der Waals surface area contributed by atoms with Crippen LogP contribution in [0.3, 0.4) is 0 Å². The minimum Gasteiger partial charge on any atom is -0.337 e. The Bertz CT molecular complexity index is 981. The highest BCUT2D eigenvalue weighted by atomic mass is 35.5. The standard InChI is InChI=1S/C17H17Cl2N3O3S2/c1-12-20-14(11-26-12)3-5-17(23)21-6-8-22(9-7-21)27(24,25)16-10-13(18)2-4-15(16)19/h2-5,10-11H,6-9H2,1H3/b5-3+. The lowest BCUT2D eigenvalue weighted by atomic mass is 10.3. The molecular formula is C17H17Cl2N3O3S2. The third-order valence-electron chi connectivity index (χ3n) is 4.09. The van der Waals surface area contributed by atoms with Gasteiger partial charge in [0.1, 0.15) is 4.90 Å². The van der Waals surface area contributed by atoms with Gasteiger partial charge in [-0.1, -0.05) is 23.2 Å². The van der Waals surface area contributed by atoms with Crippen LogP contribution in [0.4, 0.5) is 0 Å². The van der Waals surface area contributed by atoms with Gasteiger partial charge in [-0.3, -0.25) is 4.79 Å². The number of nitrogens with zero attached hydrogens (tertiary/aromatic N) is 3. The van der Waals surface area contributed by atoms with E-state index in [1.165, 1.54) is 39.9 Å². The van der Waals surface area contributed by atoms with Crippen LogP contribution >= 0.6 is 34.5 Å². The van der Waals surface area contributed by atoms with Crippen molar-refractivity contribution in [3.8, 4) is 0 Å². The van der Waals surface area contributed by atoms with Crippen molar-refractivity contribution in [2.24, 2.45) is 0 Å². The molecule has 0 radical (unpaired) electrons. The molecule has 2 aromatic rings. The summed E-state index contributed by atoms with van der Waals surface area (Å²) in [6, 6.07) is 4.34. The highest BCUT2D eigenvalue weighted by molar-refractivity contribution is 7.89. The molecule has 10 heteroatoms. The number of benzene rings is 1. The van der Waals surface area contributed by atoms with Crippen LogP contribution in [0.25, 0.3) is 6.08 Å². The van der Waals surface area contributed by atoms with Crippen molar-refractivity contribution in [3.63, 3.8) is 0 Å². The lowest BCUT2D eigenvalue weighted by molar-refractivity contribution is -0.127. The molecule has 1 fully saturated rings. The summed E-state index contributed by atoms with van der Waals surface area (Å²) in [5, 5.41) is 3.23. The van der Waals surface area contributed by atoms with Crippen LogP contribution in [0.1, 0.15) is 10.7 Å². The van der Waals surface area contributed by atoms with Gasteiger partial charge in [-0.25, -0.2) is 13.4 Å². The first kappa shape index (κ1) is 20.3. The number of piperazine rings is 1. The lowest BCUT2D eigenvalue weighted by Gasteiger charge is -2.33. The molecule has 1 aromatic carbocycles. The van der Waals surface area contributed by atoms with E-state index in [2.05, 4.69) is 4.98 Å². The number of sulfonamides is 1. The zero-order valence-corrected chi connectivity index (χ0v) is 17.6. The summed E-state index contributed by atoms with van der Waals surface area (Å²) in [6.45, 7) is 2.89. The summed E-state index contributed by atoms with van der Waals surface area (Å²) < 4.78 is 26.9. The monoisotopic (exact) mass is 445 g/mol. The van der Waals surface area contributed by atoms with Crippen molar-refractivity contribution in [1.29, 1.82) is 0 Å². The zero-order valence-electron chi connectivity index (χ0n) is 14.4. The number of aryl methyl sites for hydroxylation is 1. The van der Waals surface area contributed by atoms with Crippen molar-refractivity contribution in [3.05, 3.63) is 50.4 Å². The summed E-state index contributed by atoms with van der Waals surface area (Å²) in [6.07, 6.45) is 3.13. The summed E-state index contributed by atoms with van der Waals surface area (Å²) in [5.74, 6) is -0.168. The molecule has 0 saturated carbocycles. The Kier molecular flexibility index (Phi) is 6.22. The van der Waals surface area contributed by atoms with Gasteiger partial charge in [-0.2, -0.15) is 4.31 Å². The molecule has 6 nitrogen and oxygen atoms in total. The van der Waals surface area contributed by atoms with Crippen LogP contribution < -0.4 is 0 Å². The molecule has 0 N–H and O–H groups in total. The molecule has 1 aromatic heterocycles. The second kappa shape index (κ2) is 8.28. The molecule has 2 heterocycles. The number of carbonyl (C=O) groups is 1. The van der Waals surface area contributed by atoms with Crippen LogP contribution in [-0.4, -0.2) is 54.7 Å². The van der Waals surface area contributed by atoms with E-state index in [4.69, 9.17) is 23.2 Å². The number of thiazole rings is 1. The van der Waals surface area contributed by atoms with Gasteiger partial charge in [-0.05, 0) is 31.2 Å². The van der Waals surface area contributed by atoms with E-state index in [1.54, 1.807) is 11.0 Å². The Balaban J connectivity index is 1.65. The Labute approximate surface area is 172 Å². The van der Waals surface area contributed by atoms with Gasteiger partial charge in [0.2, 0.25) is 15.9 Å². The molecule has 3 rings (SSSR count). The molecule has 0 unspecified atom stereocenters. The summed E-state index contributed by atoms with van der Waals surface area (Å²) in [7, 11) is -3.76. The Morgan fingerprint density at radius 2 is 1.93 bits per heavy atom. The predicted molar refractivity (Wildman–Crippen MR) is 108 cm³/mol. The van der Waals surface area contributed by atoms with E-state index in [9.17, 15) is 13.2 Å². The molecule has 27 heavy (non-hydrogen) atoms. The number of hydrogen-bond acceptors (Lipinski definition) is 5. The lowest BCUT2D eigenvalue weighted by Crippen LogP contribution is -2.50. The van der Waals surface area contributed by atoms with Gasteiger partial charge in [0.25, 0.3) is 0 Å². The van der Waals surface area contributed by atoms with E-state index >= 15 is 0 Å². The molecule has 1 aliphatic rings. The zero-order chi connectivity index (χ0) is 19.6. The summed E-state index contributed by atoms with van der Waals surface area (Å²) in [5.41, 5.74) is 0.739. The number of amides is 1. The predicted octanol–water partition coefficient (Wildman–Crippen LogP) is 3.30. The van der Waals surface area contributed by atoms with Gasteiger partial charge in [0.05, 0.1) is 15.7 Å². The fourth-order valence-electron chi connectivity index (χ4n) is 2.68. The Hall–Kier alpha value is -1.45. The SMILES string of the molecule is Cc1nc(/C=C/C(=O)N2CCN(S(=O)(=O)c3cc(Cl)ccc3Cl)CC2)cs1. The van der Waals surface area contributed by atoms with Gasteiger partial charge >= 0.3 is 0 Å². The van der Waals surface area contributed by atoms with Gasteiger partial charge in [-0.15, -0.1) is 11.3 Å². The van der Waals surface area contributed by atoms with Crippen molar-refractivity contribution in [2.45, 2.75) is 11.8 Å². The second-order valence-electron chi connectivity index (χ2n) is 5.93. The number of halogens is 2. The molecular weight excluding hydrogens is 429 g/mol. The minimum atomic E-state index is -3.76. The maximum Gasteiger partial charge on any atom is 0.246 e. The first-order valence-corrected chi connectivity index (χ1v) is 11.2. The second-order valence-corrected chi connectivity index (χ2v) is 9.74. The topological polar surface area (TPSA) is 70.6 Å². The van der Waals surface area contributed by atoms with Gasteiger partial charge in [0.15, 0.2) is 0 Å². The van der Waals surface area contributed by atoms with E-state index in [0.29, 0.717) is 18.1 Å². The van der Waals surface area contributed by atoms with E-state index in [1.807, 2.05) is 12.3 Å². The fraction of sp³-hybridized carbons (Fsp3) is 0.294. The number of rotatable bonds is 4. The van der Waals surface area contributed by atoms with Crippen LogP contribution in [0.2, 0.25) is 10.0 Å². The van der Waals surface area contributed by atoms with Gasteiger partial charge < -0.3 is 4.90 Å². The highest BCUT2D eigenvalue weighted by Gasteiger charge is 2.31. The molecule has 1 aliphatic heterocycles. The highest BCUT2D eigenvalue weighted by Crippen LogP contribution is 2.28. The first-order valence-electron chi connectivity index (χ1n) is 8.12. The largest absolute Gasteiger partial charge is 0.337 e. The third kappa shape index (κ3) is 4.70. The smallest absolute Gasteiger partial charge is 0.246 e. The van der Waals surface area contributed by atoms with Crippen molar-refractivity contribution >= 4 is 56.5 Å². The summed E-state index contributed by atoms with van der Waals surface area (Å²) >= 11 is 13.5. The number of carbonyl (C=O) groups excluding carboxylic acids is 1. The van der Waals surface area contributed by atoms with Crippen molar-refractivity contribution in [1.82, 2.24) is 14.2 Å². The van der Waals surface area contributed by atoms with Gasteiger partial charge in [0, 0.05) is 42.7 Å². The Morgan fingerprint density at radius 1 is 1.22 bits per heavy atom. The van der Waals surface area contributed by atoms with E-state index in [-0.39, 0.29) is 28.9 Å². The van der Waals surface area contributed by atoms with Crippen molar-refractivity contribution < 1.29 is 13.2 Å². The average Bonchev–Trinajstić information content (AvgIpc) is 3.07. The molecule has 1 saturated heterocycles. The Morgan fingerprint density at radius 3 is 2.56 bits per heavy atom. The molecule has 0 atom stereocenters. The minimum absolute atomic E-state index is 0.0183. The van der Waals surface area contributed by atoms with Crippen LogP contribution in [0, 0.1) is 6.92 Å². The average molecular weight is 446 g/mol. The van der Waals surface area contributed by atoms with E-state index in [0.717, 1.165) is 10.7 Å². The van der Waals surface area contributed by atoms with Crippen LogP contribution in [-0.2, 0) is 14.8 Å². The molecule has 1 amide bonds. The first-order chi connectivity index (χ1) is 12.8. The normalized spacial score (nSPS) is 16.2. The maximum atomic E-state index is 12.8. The summed E-state index contributed by atoms with van der Waals surface area (Å²) in [4.78, 5) is 18.2. The molecule has 0 bridgehead atoms. The number of aromatic nitrogens is 1.